The molecule has 0 atom stereocenters. The average Bonchev–Trinajstić information content (AvgIpc) is 2.26. The fraction of sp³-hybridized carbons (Fsp3) is 0.455. The van der Waals surface area contributed by atoms with E-state index in [9.17, 15) is 21.2 Å². The highest BCUT2D eigenvalue weighted by molar-refractivity contribution is 7.92. The highest BCUT2D eigenvalue weighted by Crippen LogP contribution is 2.25. The minimum absolute atomic E-state index is 0.0208. The van der Waals surface area contributed by atoms with Gasteiger partial charge < -0.3 is 0 Å². The number of sulfone groups is 1. The van der Waals surface area contributed by atoms with E-state index in [1.165, 1.54) is 19.1 Å². The Balaban J connectivity index is 2.15. The molecule has 0 saturated carbocycles. The molecule has 1 aliphatic heterocycles. The number of hydrogen-bond donors (Lipinski definition) is 0. The molecule has 8 heteroatoms. The molecule has 0 aliphatic carbocycles. The van der Waals surface area contributed by atoms with Crippen molar-refractivity contribution in [3.05, 3.63) is 30.1 Å². The third kappa shape index (κ3) is 2.65. The van der Waals surface area contributed by atoms with Gasteiger partial charge in [-0.15, -0.1) is 0 Å². The summed E-state index contributed by atoms with van der Waals surface area (Å²) in [5.74, 6) is -0.557. The molecular formula is C11H14FNO4S2. The number of sulfonamides is 1. The van der Waals surface area contributed by atoms with E-state index in [4.69, 9.17) is 0 Å². The molecule has 1 heterocycles. The Kier molecular flexibility index (Phi) is 3.67. The lowest BCUT2D eigenvalue weighted by Gasteiger charge is -2.37. The normalized spacial score (nSPS) is 18.2. The lowest BCUT2D eigenvalue weighted by atomic mass is 10.3. The topological polar surface area (TPSA) is 71.5 Å². The Bertz CT molecular complexity index is 661. The molecule has 1 aliphatic rings. The van der Waals surface area contributed by atoms with Crippen molar-refractivity contribution in [2.45, 2.75) is 17.1 Å². The van der Waals surface area contributed by atoms with Gasteiger partial charge >= 0.3 is 0 Å². The minimum atomic E-state index is -3.59. The number of hydrogen-bond acceptors (Lipinski definition) is 4. The first-order valence-electron chi connectivity index (χ1n) is 5.74. The van der Waals surface area contributed by atoms with Crippen molar-refractivity contribution < 1.29 is 21.2 Å². The van der Waals surface area contributed by atoms with Gasteiger partial charge in [-0.3, -0.25) is 0 Å². The van der Waals surface area contributed by atoms with Crippen LogP contribution in [0.25, 0.3) is 0 Å². The van der Waals surface area contributed by atoms with E-state index in [-0.39, 0.29) is 23.7 Å². The summed E-state index contributed by atoms with van der Waals surface area (Å²) in [4.78, 5) is 0.0208. The number of halogens is 1. The minimum Gasteiger partial charge on any atom is -0.223 e. The van der Waals surface area contributed by atoms with E-state index in [0.717, 1.165) is 16.4 Å². The lowest BCUT2D eigenvalue weighted by molar-refractivity contribution is 0.310. The zero-order valence-electron chi connectivity index (χ0n) is 10.3. The molecule has 0 amide bonds. The largest absolute Gasteiger partial charge is 0.223 e. The second-order valence-electron chi connectivity index (χ2n) is 4.34. The fourth-order valence-electron chi connectivity index (χ4n) is 1.82. The Labute approximate surface area is 112 Å². The summed E-state index contributed by atoms with van der Waals surface area (Å²) < 4.78 is 61.2. The van der Waals surface area contributed by atoms with Crippen LogP contribution in [-0.4, -0.2) is 45.2 Å². The third-order valence-corrected chi connectivity index (χ3v) is 7.07. The molecule has 0 aromatic heterocycles. The molecule has 1 aromatic carbocycles. The van der Waals surface area contributed by atoms with Crippen molar-refractivity contribution in [1.82, 2.24) is 4.31 Å². The standard InChI is InChI=1S/C11H14FNO4S2/c1-2-18(14,15)13-7-11(8-13)19(16,17)10-5-3-9(12)4-6-10/h3-6,11H,2,7-8H2,1H3. The van der Waals surface area contributed by atoms with Crippen LogP contribution in [0.1, 0.15) is 6.92 Å². The van der Waals surface area contributed by atoms with Crippen LogP contribution in [0, 0.1) is 5.82 Å². The van der Waals surface area contributed by atoms with Crippen molar-refractivity contribution in [3.63, 3.8) is 0 Å². The highest BCUT2D eigenvalue weighted by atomic mass is 32.2. The van der Waals surface area contributed by atoms with Crippen molar-refractivity contribution >= 4 is 19.9 Å². The summed E-state index contributed by atoms with van der Waals surface area (Å²) in [6.45, 7) is 1.45. The number of benzene rings is 1. The van der Waals surface area contributed by atoms with E-state index >= 15 is 0 Å². The van der Waals surface area contributed by atoms with Crippen LogP contribution in [0.3, 0.4) is 0 Å². The van der Waals surface area contributed by atoms with Gasteiger partial charge in [0.2, 0.25) is 10.0 Å². The van der Waals surface area contributed by atoms with Crippen LogP contribution in [0.5, 0.6) is 0 Å². The van der Waals surface area contributed by atoms with Crippen molar-refractivity contribution in [1.29, 1.82) is 0 Å². The van der Waals surface area contributed by atoms with Gasteiger partial charge in [0.15, 0.2) is 9.84 Å². The van der Waals surface area contributed by atoms with Gasteiger partial charge in [-0.25, -0.2) is 21.2 Å². The van der Waals surface area contributed by atoms with E-state index in [0.29, 0.717) is 0 Å². The SMILES string of the molecule is CCS(=O)(=O)N1CC(S(=O)(=O)c2ccc(F)cc2)C1. The van der Waals surface area contributed by atoms with Gasteiger partial charge in [-0.2, -0.15) is 4.31 Å². The summed E-state index contributed by atoms with van der Waals surface area (Å²) in [5.41, 5.74) is 0. The Morgan fingerprint density at radius 3 is 2.16 bits per heavy atom. The highest BCUT2D eigenvalue weighted by Gasteiger charge is 2.42. The van der Waals surface area contributed by atoms with E-state index < -0.39 is 30.9 Å². The van der Waals surface area contributed by atoms with Gasteiger partial charge in [-0.05, 0) is 31.2 Å². The Morgan fingerprint density at radius 1 is 1.16 bits per heavy atom. The number of nitrogens with zero attached hydrogens (tertiary/aromatic N) is 1. The lowest BCUT2D eigenvalue weighted by Crippen LogP contribution is -2.57. The zero-order valence-corrected chi connectivity index (χ0v) is 11.9. The van der Waals surface area contributed by atoms with E-state index in [2.05, 4.69) is 0 Å². The summed E-state index contributed by atoms with van der Waals surface area (Å²) in [7, 11) is -6.93. The van der Waals surface area contributed by atoms with Gasteiger partial charge in [0.05, 0.1) is 15.9 Å². The molecule has 0 radical (unpaired) electrons. The molecule has 106 valence electrons. The van der Waals surface area contributed by atoms with Crippen LogP contribution in [0.15, 0.2) is 29.2 Å². The van der Waals surface area contributed by atoms with Gasteiger partial charge in [0.25, 0.3) is 0 Å². The summed E-state index contributed by atoms with van der Waals surface area (Å²) in [6, 6.07) is 4.54. The molecule has 0 bridgehead atoms. The van der Waals surface area contributed by atoms with Crippen molar-refractivity contribution in [2.75, 3.05) is 18.8 Å². The van der Waals surface area contributed by atoms with Gasteiger partial charge in [-0.1, -0.05) is 0 Å². The zero-order chi connectivity index (χ0) is 14.3. The smallest absolute Gasteiger partial charge is 0.213 e. The second-order valence-corrected chi connectivity index (χ2v) is 8.82. The molecule has 2 rings (SSSR count). The van der Waals surface area contributed by atoms with Crippen LogP contribution >= 0.6 is 0 Å². The molecule has 0 N–H and O–H groups in total. The second kappa shape index (κ2) is 4.84. The number of rotatable bonds is 4. The predicted octanol–water partition coefficient (Wildman–Crippen LogP) is 0.633. The summed E-state index contributed by atoms with van der Waals surface area (Å²) in [6.07, 6.45) is 0. The first-order chi connectivity index (χ1) is 8.77. The maximum atomic E-state index is 12.8. The quantitative estimate of drug-likeness (QED) is 0.765. The molecule has 5 nitrogen and oxygen atoms in total. The summed E-state index contributed by atoms with van der Waals surface area (Å²) in [5, 5.41) is -0.751. The maximum Gasteiger partial charge on any atom is 0.213 e. The maximum absolute atomic E-state index is 12.8. The predicted molar refractivity (Wildman–Crippen MR) is 68.4 cm³/mol. The first-order valence-corrected chi connectivity index (χ1v) is 8.90. The Morgan fingerprint density at radius 2 is 1.68 bits per heavy atom. The van der Waals surface area contributed by atoms with Crippen LogP contribution in [-0.2, 0) is 19.9 Å². The first kappa shape index (κ1) is 14.4. The Hall–Kier alpha value is -0.990. The van der Waals surface area contributed by atoms with Crippen molar-refractivity contribution in [3.8, 4) is 0 Å². The molecule has 1 aromatic rings. The van der Waals surface area contributed by atoms with Gasteiger partial charge in [0, 0.05) is 13.1 Å². The van der Waals surface area contributed by atoms with Crippen molar-refractivity contribution in [2.24, 2.45) is 0 Å². The average molecular weight is 307 g/mol. The monoisotopic (exact) mass is 307 g/mol. The van der Waals surface area contributed by atoms with Gasteiger partial charge in [0.1, 0.15) is 5.82 Å². The van der Waals surface area contributed by atoms with E-state index in [1.807, 2.05) is 0 Å². The van der Waals surface area contributed by atoms with E-state index in [1.54, 1.807) is 0 Å². The van der Waals surface area contributed by atoms with Crippen LogP contribution in [0.2, 0.25) is 0 Å². The van der Waals surface area contributed by atoms with Crippen LogP contribution in [0.4, 0.5) is 4.39 Å². The van der Waals surface area contributed by atoms with Crippen LogP contribution < -0.4 is 0 Å². The molecule has 1 fully saturated rings. The third-order valence-electron chi connectivity index (χ3n) is 3.15. The molecule has 19 heavy (non-hydrogen) atoms. The molecule has 1 saturated heterocycles. The molecule has 0 spiro atoms. The summed E-state index contributed by atoms with van der Waals surface area (Å²) >= 11 is 0. The molecular weight excluding hydrogens is 293 g/mol. The molecule has 0 unspecified atom stereocenters. The fourth-order valence-corrected chi connectivity index (χ4v) is 4.84.